The van der Waals surface area contributed by atoms with Crippen LogP contribution in [0.2, 0.25) is 0 Å². The Morgan fingerprint density at radius 3 is 2.76 bits per heavy atom. The molecule has 0 saturated heterocycles. The van der Waals surface area contributed by atoms with E-state index in [2.05, 4.69) is 21.3 Å². The van der Waals surface area contributed by atoms with Crippen LogP contribution in [0.5, 0.6) is 0 Å². The number of esters is 1. The smallest absolute Gasteiger partial charge is 0.315 e. The molecular formula is C12H18N2O3. The molecule has 0 spiro atoms. The Morgan fingerprint density at radius 1 is 1.47 bits per heavy atom. The zero-order chi connectivity index (χ0) is 12.8. The monoisotopic (exact) mass is 238 g/mol. The van der Waals surface area contributed by atoms with Crippen LogP contribution in [0, 0.1) is 18.3 Å². The highest BCUT2D eigenvalue weighted by molar-refractivity contribution is 5.76. The van der Waals surface area contributed by atoms with Crippen LogP contribution in [0.3, 0.4) is 0 Å². The van der Waals surface area contributed by atoms with Gasteiger partial charge in [0.1, 0.15) is 0 Å². The number of hydrogen-bond acceptors (Lipinski definition) is 3. The van der Waals surface area contributed by atoms with E-state index in [0.29, 0.717) is 6.42 Å². The van der Waals surface area contributed by atoms with Gasteiger partial charge in [-0.3, -0.25) is 4.79 Å². The summed E-state index contributed by atoms with van der Waals surface area (Å²) >= 11 is 0. The largest absolute Gasteiger partial charge is 0.469 e. The highest BCUT2D eigenvalue weighted by Crippen LogP contribution is 2.26. The fraction of sp³-hybridized carbons (Fsp3) is 0.667. The second kappa shape index (κ2) is 6.14. The fourth-order valence-electron chi connectivity index (χ4n) is 1.96. The number of nitrogens with one attached hydrogen (secondary N) is 2. The van der Waals surface area contributed by atoms with Gasteiger partial charge in [0.05, 0.1) is 19.1 Å². The number of terminal acetylenes is 1. The average Bonchev–Trinajstić information content (AvgIpc) is 2.76. The van der Waals surface area contributed by atoms with Crippen molar-refractivity contribution in [1.82, 2.24) is 10.6 Å². The average molecular weight is 238 g/mol. The van der Waals surface area contributed by atoms with Crippen molar-refractivity contribution in [2.45, 2.75) is 38.3 Å². The van der Waals surface area contributed by atoms with Crippen LogP contribution in [-0.2, 0) is 9.53 Å². The molecule has 0 aromatic carbocycles. The molecule has 94 valence electrons. The van der Waals surface area contributed by atoms with Crippen molar-refractivity contribution < 1.29 is 14.3 Å². The van der Waals surface area contributed by atoms with E-state index in [9.17, 15) is 9.59 Å². The number of carbonyl (C=O) groups is 2. The van der Waals surface area contributed by atoms with Crippen molar-refractivity contribution in [3.8, 4) is 12.3 Å². The summed E-state index contributed by atoms with van der Waals surface area (Å²) in [5.41, 5.74) is 0. The maximum atomic E-state index is 11.5. The lowest BCUT2D eigenvalue weighted by atomic mass is 10.1. The van der Waals surface area contributed by atoms with Gasteiger partial charge in [0.2, 0.25) is 0 Å². The molecule has 0 aromatic rings. The Balaban J connectivity index is 2.33. The van der Waals surface area contributed by atoms with Crippen LogP contribution in [-0.4, -0.2) is 31.2 Å². The van der Waals surface area contributed by atoms with Gasteiger partial charge < -0.3 is 15.4 Å². The number of hydrogen-bond donors (Lipinski definition) is 2. The molecule has 0 aliphatic heterocycles. The molecule has 3 atom stereocenters. The fourth-order valence-corrected chi connectivity index (χ4v) is 1.96. The molecule has 17 heavy (non-hydrogen) atoms. The highest BCUT2D eigenvalue weighted by atomic mass is 16.5. The Morgan fingerprint density at radius 2 is 2.18 bits per heavy atom. The van der Waals surface area contributed by atoms with Crippen molar-refractivity contribution >= 4 is 12.0 Å². The Labute approximate surface area is 101 Å². The van der Waals surface area contributed by atoms with E-state index in [0.717, 1.165) is 12.8 Å². The zero-order valence-electron chi connectivity index (χ0n) is 10.2. The molecule has 0 aromatic heterocycles. The van der Waals surface area contributed by atoms with E-state index in [-0.39, 0.29) is 30.0 Å². The van der Waals surface area contributed by atoms with E-state index in [1.165, 1.54) is 7.11 Å². The summed E-state index contributed by atoms with van der Waals surface area (Å²) in [5.74, 6) is 2.11. The van der Waals surface area contributed by atoms with Crippen molar-refractivity contribution in [2.75, 3.05) is 7.11 Å². The third-order valence-electron chi connectivity index (χ3n) is 2.90. The van der Waals surface area contributed by atoms with E-state index < -0.39 is 0 Å². The van der Waals surface area contributed by atoms with Gasteiger partial charge >= 0.3 is 12.0 Å². The molecule has 1 saturated carbocycles. The van der Waals surface area contributed by atoms with Gasteiger partial charge in [-0.2, -0.15) is 0 Å². The minimum atomic E-state index is -0.298. The molecule has 2 N–H and O–H groups in total. The summed E-state index contributed by atoms with van der Waals surface area (Å²) < 4.78 is 4.68. The van der Waals surface area contributed by atoms with Crippen LogP contribution in [0.15, 0.2) is 0 Å². The molecule has 0 radical (unpaired) electrons. The molecule has 0 bridgehead atoms. The van der Waals surface area contributed by atoms with Crippen molar-refractivity contribution in [3.63, 3.8) is 0 Å². The lowest BCUT2D eigenvalue weighted by molar-refractivity contribution is -0.145. The van der Waals surface area contributed by atoms with Crippen molar-refractivity contribution in [3.05, 3.63) is 0 Å². The molecule has 0 heterocycles. The van der Waals surface area contributed by atoms with Gasteiger partial charge in [-0.15, -0.1) is 6.42 Å². The molecule has 5 heteroatoms. The van der Waals surface area contributed by atoms with Gasteiger partial charge in [0.25, 0.3) is 0 Å². The standard InChI is InChI=1S/C12H18N2O3/c1-4-8(2)13-12(16)14-10-6-5-9(7-10)11(15)17-3/h1,8-10H,5-7H2,2-3H3,(H2,13,14,16)/t8-,9+,10-/m0/s1. The van der Waals surface area contributed by atoms with Gasteiger partial charge in [-0.1, -0.05) is 5.92 Å². The first-order valence-electron chi connectivity index (χ1n) is 5.67. The summed E-state index contributed by atoms with van der Waals surface area (Å²) in [7, 11) is 1.38. The number of urea groups is 1. The maximum absolute atomic E-state index is 11.5. The minimum Gasteiger partial charge on any atom is -0.469 e. The second-order valence-electron chi connectivity index (χ2n) is 4.24. The Kier molecular flexibility index (Phi) is 4.83. The van der Waals surface area contributed by atoms with Crippen LogP contribution in [0.1, 0.15) is 26.2 Å². The molecule has 2 amide bonds. The van der Waals surface area contributed by atoms with Gasteiger partial charge in [0.15, 0.2) is 0 Å². The van der Waals surface area contributed by atoms with E-state index in [1.807, 2.05) is 0 Å². The molecular weight excluding hydrogens is 220 g/mol. The summed E-state index contributed by atoms with van der Waals surface area (Å²) in [5, 5.41) is 5.41. The molecule has 1 rings (SSSR count). The summed E-state index contributed by atoms with van der Waals surface area (Å²) in [6.07, 6.45) is 7.33. The summed E-state index contributed by atoms with van der Waals surface area (Å²) in [4.78, 5) is 22.8. The molecule has 0 unspecified atom stereocenters. The number of rotatable bonds is 3. The number of methoxy groups -OCH3 is 1. The van der Waals surface area contributed by atoms with Gasteiger partial charge in [-0.25, -0.2) is 4.79 Å². The quantitative estimate of drug-likeness (QED) is 0.560. The predicted octanol–water partition coefficient (Wildman–Crippen LogP) is 0.649. The highest BCUT2D eigenvalue weighted by Gasteiger charge is 2.31. The summed E-state index contributed by atoms with van der Waals surface area (Å²) in [6, 6.07) is -0.567. The Hall–Kier alpha value is -1.70. The molecule has 1 aliphatic carbocycles. The van der Waals surface area contributed by atoms with E-state index >= 15 is 0 Å². The molecule has 1 aliphatic rings. The maximum Gasteiger partial charge on any atom is 0.315 e. The van der Waals surface area contributed by atoms with Crippen LogP contribution < -0.4 is 10.6 Å². The van der Waals surface area contributed by atoms with Crippen molar-refractivity contribution in [1.29, 1.82) is 0 Å². The van der Waals surface area contributed by atoms with Crippen LogP contribution in [0.4, 0.5) is 4.79 Å². The lowest BCUT2D eigenvalue weighted by Gasteiger charge is -2.15. The third-order valence-corrected chi connectivity index (χ3v) is 2.90. The first-order valence-corrected chi connectivity index (χ1v) is 5.67. The second-order valence-corrected chi connectivity index (χ2v) is 4.24. The zero-order valence-corrected chi connectivity index (χ0v) is 10.2. The topological polar surface area (TPSA) is 67.4 Å². The first-order chi connectivity index (χ1) is 8.06. The van der Waals surface area contributed by atoms with Gasteiger partial charge in [0, 0.05) is 6.04 Å². The molecule has 1 fully saturated rings. The third kappa shape index (κ3) is 3.99. The first kappa shape index (κ1) is 13.4. The minimum absolute atomic E-state index is 0.0177. The predicted molar refractivity (Wildman–Crippen MR) is 63.1 cm³/mol. The van der Waals surface area contributed by atoms with E-state index in [1.54, 1.807) is 6.92 Å². The van der Waals surface area contributed by atoms with E-state index in [4.69, 9.17) is 6.42 Å². The molecule has 5 nitrogen and oxygen atoms in total. The number of carbonyl (C=O) groups excluding carboxylic acids is 2. The van der Waals surface area contributed by atoms with Gasteiger partial charge in [-0.05, 0) is 26.2 Å². The summed E-state index contributed by atoms with van der Waals surface area (Å²) in [6.45, 7) is 1.73. The number of ether oxygens (including phenoxy) is 1. The number of amides is 2. The normalized spacial score (nSPS) is 24.5. The lowest BCUT2D eigenvalue weighted by Crippen LogP contribution is -2.44. The van der Waals surface area contributed by atoms with Crippen LogP contribution in [0.25, 0.3) is 0 Å². The Bertz CT molecular complexity index is 335. The van der Waals surface area contributed by atoms with Crippen LogP contribution >= 0.6 is 0 Å². The van der Waals surface area contributed by atoms with Crippen molar-refractivity contribution in [2.24, 2.45) is 5.92 Å². The SMILES string of the molecule is C#C[C@H](C)NC(=O)N[C@H]1CC[C@@H](C(=O)OC)C1.